The maximum absolute atomic E-state index is 12.8. The van der Waals surface area contributed by atoms with E-state index in [0.29, 0.717) is 16.3 Å². The summed E-state index contributed by atoms with van der Waals surface area (Å²) in [5.74, 6) is -0.754. The molecule has 1 aliphatic heterocycles. The summed E-state index contributed by atoms with van der Waals surface area (Å²) in [7, 11) is 3.32. The molecule has 0 saturated heterocycles. The van der Waals surface area contributed by atoms with Crippen molar-refractivity contribution >= 4 is 46.0 Å². The number of carbonyl (C=O) groups excluding carboxylic acids is 3. The molecule has 3 rings (SSSR count). The Kier molecular flexibility index (Phi) is 6.18. The molecule has 0 fully saturated rings. The van der Waals surface area contributed by atoms with Crippen molar-refractivity contribution in [3.8, 4) is 0 Å². The molecule has 0 spiro atoms. The quantitative estimate of drug-likeness (QED) is 0.755. The van der Waals surface area contributed by atoms with E-state index in [1.54, 1.807) is 69.6 Å². The molecule has 0 radical (unpaired) electrons. The van der Waals surface area contributed by atoms with E-state index in [1.165, 1.54) is 9.91 Å². The smallest absolute Gasteiger partial charge is 0.292 e. The Hall–Kier alpha value is -3.33. The van der Waals surface area contributed by atoms with Gasteiger partial charge in [0.25, 0.3) is 17.1 Å². The highest BCUT2D eigenvalue weighted by Crippen LogP contribution is 2.28. The number of anilines is 2. The average Bonchev–Trinajstić information content (AvgIpc) is 2.71. The van der Waals surface area contributed by atoms with Gasteiger partial charge in [-0.25, -0.2) is 10.0 Å². The molecule has 0 bridgehead atoms. The van der Waals surface area contributed by atoms with E-state index in [1.807, 2.05) is 6.07 Å². The molecule has 29 heavy (non-hydrogen) atoms. The summed E-state index contributed by atoms with van der Waals surface area (Å²) in [5, 5.41) is 3.92. The van der Waals surface area contributed by atoms with Gasteiger partial charge in [-0.2, -0.15) is 0 Å². The first-order valence-corrected chi connectivity index (χ1v) is 9.71. The summed E-state index contributed by atoms with van der Waals surface area (Å²) in [5.41, 5.74) is 3.88. The van der Waals surface area contributed by atoms with Crippen molar-refractivity contribution in [1.29, 1.82) is 0 Å². The molecule has 2 N–H and O–H groups in total. The number of thioether (sulfide) groups is 1. The highest BCUT2D eigenvalue weighted by molar-refractivity contribution is 8.13. The molecule has 8 nitrogen and oxygen atoms in total. The zero-order valence-corrected chi connectivity index (χ0v) is 17.1. The molecule has 0 aliphatic carbocycles. The van der Waals surface area contributed by atoms with Gasteiger partial charge in [-0.05, 0) is 43.0 Å². The van der Waals surface area contributed by atoms with Gasteiger partial charge in [-0.3, -0.25) is 19.8 Å². The number of para-hydroxylation sites is 2. The van der Waals surface area contributed by atoms with Crippen molar-refractivity contribution in [2.75, 3.05) is 24.4 Å². The minimum atomic E-state index is -0.711. The highest BCUT2D eigenvalue weighted by atomic mass is 32.2. The van der Waals surface area contributed by atoms with E-state index >= 15 is 0 Å². The number of rotatable bonds is 4. The minimum Gasteiger partial charge on any atom is -0.339 e. The number of hydrogen-bond acceptors (Lipinski definition) is 6. The predicted molar refractivity (Wildman–Crippen MR) is 114 cm³/mol. The molecular weight excluding hydrogens is 390 g/mol. The fraction of sp³-hybridized carbons (Fsp3) is 0.200. The maximum atomic E-state index is 12.8. The Labute approximate surface area is 172 Å². The third-order valence-electron chi connectivity index (χ3n) is 4.05. The molecule has 150 valence electrons. The van der Waals surface area contributed by atoms with Crippen molar-refractivity contribution in [2.45, 2.75) is 17.9 Å². The van der Waals surface area contributed by atoms with Crippen LogP contribution in [0.5, 0.6) is 0 Å². The summed E-state index contributed by atoms with van der Waals surface area (Å²) in [6.45, 7) is 1.63. The van der Waals surface area contributed by atoms with Crippen LogP contribution in [-0.2, 0) is 9.59 Å². The lowest BCUT2D eigenvalue weighted by atomic mass is 10.2. The van der Waals surface area contributed by atoms with Gasteiger partial charge in [0.2, 0.25) is 5.84 Å². The van der Waals surface area contributed by atoms with E-state index in [-0.39, 0.29) is 17.0 Å². The van der Waals surface area contributed by atoms with E-state index in [4.69, 9.17) is 0 Å². The van der Waals surface area contributed by atoms with Gasteiger partial charge in [0.1, 0.15) is 6.04 Å². The number of hydrazine groups is 1. The van der Waals surface area contributed by atoms with Crippen LogP contribution >= 0.6 is 11.8 Å². The minimum absolute atomic E-state index is 0.0136. The fourth-order valence-electron chi connectivity index (χ4n) is 2.53. The summed E-state index contributed by atoms with van der Waals surface area (Å²) < 4.78 is 0. The third kappa shape index (κ3) is 4.75. The Balaban J connectivity index is 1.80. The number of carbonyl (C=O) groups is 3. The number of amides is 3. The Morgan fingerprint density at radius 1 is 1.10 bits per heavy atom. The van der Waals surface area contributed by atoms with Gasteiger partial charge in [0.05, 0.1) is 11.4 Å². The number of aliphatic imine (C=N–C) groups is 1. The van der Waals surface area contributed by atoms with Crippen molar-refractivity contribution in [1.82, 2.24) is 10.3 Å². The topological polar surface area (TPSA) is 94.1 Å². The van der Waals surface area contributed by atoms with Gasteiger partial charge >= 0.3 is 0 Å². The van der Waals surface area contributed by atoms with Crippen molar-refractivity contribution in [3.63, 3.8) is 0 Å². The SMILES string of the molecule is CC1N=C(C(=O)Nc2ccccc2SC(=O)N(C)C)NN(c2ccccc2)C1=O. The van der Waals surface area contributed by atoms with Gasteiger partial charge < -0.3 is 10.2 Å². The van der Waals surface area contributed by atoms with Gasteiger partial charge in [0, 0.05) is 19.0 Å². The van der Waals surface area contributed by atoms with E-state index < -0.39 is 11.9 Å². The van der Waals surface area contributed by atoms with Crippen molar-refractivity contribution in [2.24, 2.45) is 4.99 Å². The number of nitrogens with zero attached hydrogens (tertiary/aromatic N) is 3. The number of benzene rings is 2. The molecule has 0 aromatic heterocycles. The molecule has 1 heterocycles. The van der Waals surface area contributed by atoms with Crippen molar-refractivity contribution in [3.05, 3.63) is 54.6 Å². The van der Waals surface area contributed by atoms with Crippen molar-refractivity contribution < 1.29 is 14.4 Å². The van der Waals surface area contributed by atoms with E-state index in [0.717, 1.165) is 11.8 Å². The van der Waals surface area contributed by atoms with Crippen LogP contribution in [0.3, 0.4) is 0 Å². The normalized spacial score (nSPS) is 16.0. The molecule has 3 amide bonds. The number of amidine groups is 1. The van der Waals surface area contributed by atoms with Crippen LogP contribution in [0.4, 0.5) is 16.2 Å². The third-order valence-corrected chi connectivity index (χ3v) is 5.16. The fourth-order valence-corrected chi connectivity index (χ4v) is 3.28. The molecule has 0 saturated carbocycles. The van der Waals surface area contributed by atoms with Crippen LogP contribution in [0.2, 0.25) is 0 Å². The lowest BCUT2D eigenvalue weighted by Crippen LogP contribution is -2.57. The van der Waals surface area contributed by atoms with E-state index in [2.05, 4.69) is 15.7 Å². The Morgan fingerprint density at radius 2 is 1.76 bits per heavy atom. The molecule has 2 aromatic carbocycles. The van der Waals surface area contributed by atoms with Crippen LogP contribution in [0, 0.1) is 0 Å². The lowest BCUT2D eigenvalue weighted by molar-refractivity contribution is -0.120. The molecule has 2 aromatic rings. The van der Waals surface area contributed by atoms with Crippen LogP contribution < -0.4 is 15.8 Å². The first-order chi connectivity index (χ1) is 13.9. The van der Waals surface area contributed by atoms with Gasteiger partial charge in [-0.1, -0.05) is 30.3 Å². The molecule has 9 heteroatoms. The second-order valence-corrected chi connectivity index (χ2v) is 7.48. The van der Waals surface area contributed by atoms with Crippen LogP contribution in [0.25, 0.3) is 0 Å². The molecule has 1 unspecified atom stereocenters. The zero-order valence-electron chi connectivity index (χ0n) is 16.2. The standard InChI is InChI=1S/C20H21N5O3S/c1-13-19(27)25(14-9-5-4-6-10-14)23-17(21-13)18(26)22-15-11-7-8-12-16(15)29-20(28)24(2)3/h4-13H,1-3H3,(H,21,23)(H,22,26). The highest BCUT2D eigenvalue weighted by Gasteiger charge is 2.31. The molecule has 1 aliphatic rings. The summed E-state index contributed by atoms with van der Waals surface area (Å²) in [6.07, 6.45) is 0. The number of nitrogens with one attached hydrogen (secondary N) is 2. The Bertz CT molecular complexity index is 962. The average molecular weight is 411 g/mol. The summed E-state index contributed by atoms with van der Waals surface area (Å²) in [4.78, 5) is 43.6. The largest absolute Gasteiger partial charge is 0.339 e. The van der Waals surface area contributed by atoms with E-state index in [9.17, 15) is 14.4 Å². The second kappa shape index (κ2) is 8.78. The van der Waals surface area contributed by atoms with Crippen LogP contribution in [0.15, 0.2) is 64.5 Å². The Morgan fingerprint density at radius 3 is 2.45 bits per heavy atom. The number of hydrogen-bond donors (Lipinski definition) is 2. The second-order valence-electron chi connectivity index (χ2n) is 6.49. The monoisotopic (exact) mass is 411 g/mol. The summed E-state index contributed by atoms with van der Waals surface area (Å²) in [6, 6.07) is 15.3. The van der Waals surface area contributed by atoms with Gasteiger partial charge in [-0.15, -0.1) is 0 Å². The first-order valence-electron chi connectivity index (χ1n) is 8.90. The maximum Gasteiger partial charge on any atom is 0.292 e. The summed E-state index contributed by atoms with van der Waals surface area (Å²) >= 11 is 1.01. The van der Waals surface area contributed by atoms with Crippen LogP contribution in [-0.4, -0.2) is 47.9 Å². The molecule has 1 atom stereocenters. The first kappa shape index (κ1) is 20.4. The predicted octanol–water partition coefficient (Wildman–Crippen LogP) is 2.74. The van der Waals surface area contributed by atoms with Crippen LogP contribution in [0.1, 0.15) is 6.92 Å². The molecular formula is C20H21N5O3S. The van der Waals surface area contributed by atoms with Gasteiger partial charge in [0.15, 0.2) is 0 Å². The lowest BCUT2D eigenvalue weighted by Gasteiger charge is -2.30. The zero-order chi connectivity index (χ0) is 21.0.